The Hall–Kier alpha value is -2.38. The lowest BCUT2D eigenvalue weighted by molar-refractivity contribution is 0.581. The van der Waals surface area contributed by atoms with E-state index in [1.807, 2.05) is 24.3 Å². The minimum absolute atomic E-state index is 0.753. The highest BCUT2D eigenvalue weighted by molar-refractivity contribution is 7.98. The van der Waals surface area contributed by atoms with Crippen LogP contribution in [0.15, 0.2) is 57.6 Å². The summed E-state index contributed by atoms with van der Waals surface area (Å²) in [6, 6.07) is 12.1. The molecular formula is C19H18N4OS2. The number of rotatable bonds is 6. The first-order valence-electron chi connectivity index (χ1n) is 8.36. The van der Waals surface area contributed by atoms with Crippen molar-refractivity contribution in [3.63, 3.8) is 0 Å². The van der Waals surface area contributed by atoms with Gasteiger partial charge in [-0.2, -0.15) is 0 Å². The van der Waals surface area contributed by atoms with Gasteiger partial charge in [0.25, 0.3) is 0 Å². The van der Waals surface area contributed by atoms with E-state index in [1.165, 1.54) is 5.56 Å². The zero-order chi connectivity index (χ0) is 17.9. The number of aromatic nitrogens is 4. The van der Waals surface area contributed by atoms with Crippen LogP contribution in [0.4, 0.5) is 0 Å². The Balaban J connectivity index is 1.53. The zero-order valence-corrected chi connectivity index (χ0v) is 16.2. The first-order chi connectivity index (χ1) is 12.8. The summed E-state index contributed by atoms with van der Waals surface area (Å²) in [7, 11) is 0. The number of benzene rings is 1. The van der Waals surface area contributed by atoms with Crippen LogP contribution in [0.25, 0.3) is 22.2 Å². The molecule has 4 rings (SSSR count). The standard InChI is InChI=1S/C19H18N4OS2/c1-3-23-17(15-8-5-4-7-13(15)2)21-22-19(23)26-12-14-11-25-18(20-14)16-9-6-10-24-16/h4-11H,3,12H2,1-2H3. The van der Waals surface area contributed by atoms with E-state index >= 15 is 0 Å². The summed E-state index contributed by atoms with van der Waals surface area (Å²) in [5.41, 5.74) is 3.35. The molecule has 0 spiro atoms. The number of nitrogens with zero attached hydrogens (tertiary/aromatic N) is 4. The predicted octanol–water partition coefficient (Wildman–Crippen LogP) is 5.28. The van der Waals surface area contributed by atoms with Crippen LogP contribution in [0.5, 0.6) is 0 Å². The van der Waals surface area contributed by atoms with Crippen LogP contribution in [-0.2, 0) is 12.3 Å². The molecule has 4 aromatic rings. The van der Waals surface area contributed by atoms with E-state index in [0.717, 1.165) is 45.3 Å². The maximum atomic E-state index is 5.41. The highest BCUT2D eigenvalue weighted by Crippen LogP contribution is 2.30. The van der Waals surface area contributed by atoms with Gasteiger partial charge in [0.1, 0.15) is 0 Å². The molecule has 0 radical (unpaired) electrons. The maximum absolute atomic E-state index is 5.41. The topological polar surface area (TPSA) is 56.7 Å². The third-order valence-electron chi connectivity index (χ3n) is 4.05. The third-order valence-corrected chi connectivity index (χ3v) is 5.96. The lowest BCUT2D eigenvalue weighted by atomic mass is 10.1. The van der Waals surface area contributed by atoms with Crippen molar-refractivity contribution in [1.29, 1.82) is 0 Å². The average Bonchev–Trinajstić information content (AvgIpc) is 3.39. The van der Waals surface area contributed by atoms with Gasteiger partial charge in [-0.15, -0.1) is 21.5 Å². The van der Waals surface area contributed by atoms with E-state index in [2.05, 4.69) is 51.1 Å². The second-order valence-corrected chi connectivity index (χ2v) is 7.58. The Labute approximate surface area is 160 Å². The number of hydrogen-bond acceptors (Lipinski definition) is 6. The molecule has 0 amide bonds. The monoisotopic (exact) mass is 382 g/mol. The molecule has 7 heteroatoms. The van der Waals surface area contributed by atoms with Crippen molar-refractivity contribution >= 4 is 23.1 Å². The van der Waals surface area contributed by atoms with Gasteiger partial charge in [0.05, 0.1) is 12.0 Å². The number of thioether (sulfide) groups is 1. The molecule has 0 fully saturated rings. The van der Waals surface area contributed by atoms with Crippen LogP contribution in [0, 0.1) is 6.92 Å². The van der Waals surface area contributed by atoms with Crippen molar-refractivity contribution in [2.45, 2.75) is 31.3 Å². The Kier molecular flexibility index (Phi) is 4.90. The zero-order valence-electron chi connectivity index (χ0n) is 14.5. The highest BCUT2D eigenvalue weighted by Gasteiger charge is 2.15. The molecule has 1 aromatic carbocycles. The number of thiazole rings is 1. The van der Waals surface area contributed by atoms with Crippen molar-refractivity contribution in [1.82, 2.24) is 19.7 Å². The van der Waals surface area contributed by atoms with E-state index in [9.17, 15) is 0 Å². The van der Waals surface area contributed by atoms with Crippen LogP contribution in [0.1, 0.15) is 18.2 Å². The summed E-state index contributed by atoms with van der Waals surface area (Å²) in [5.74, 6) is 2.48. The fraction of sp³-hybridized carbons (Fsp3) is 0.211. The van der Waals surface area contributed by atoms with Crippen molar-refractivity contribution in [2.24, 2.45) is 0 Å². The normalized spacial score (nSPS) is 11.2. The Morgan fingerprint density at radius 1 is 1.15 bits per heavy atom. The predicted molar refractivity (Wildman–Crippen MR) is 105 cm³/mol. The fourth-order valence-electron chi connectivity index (χ4n) is 2.73. The molecule has 5 nitrogen and oxygen atoms in total. The van der Waals surface area contributed by atoms with E-state index in [1.54, 1.807) is 29.4 Å². The quantitative estimate of drug-likeness (QED) is 0.425. The number of furan rings is 1. The van der Waals surface area contributed by atoms with Crippen LogP contribution in [-0.4, -0.2) is 19.7 Å². The smallest absolute Gasteiger partial charge is 0.191 e. The SMILES string of the molecule is CCn1c(SCc2csc(-c3ccco3)n2)nnc1-c1ccccc1C. The van der Waals surface area contributed by atoms with Gasteiger partial charge in [-0.05, 0) is 31.5 Å². The molecule has 0 aliphatic rings. The highest BCUT2D eigenvalue weighted by atomic mass is 32.2. The Bertz CT molecular complexity index is 1000. The summed E-state index contributed by atoms with van der Waals surface area (Å²) < 4.78 is 7.57. The van der Waals surface area contributed by atoms with Gasteiger partial charge in [0.2, 0.25) is 0 Å². The summed E-state index contributed by atoms with van der Waals surface area (Å²) in [6.07, 6.45) is 1.67. The molecule has 26 heavy (non-hydrogen) atoms. The number of hydrogen-bond donors (Lipinski definition) is 0. The molecule has 0 aliphatic heterocycles. The van der Waals surface area contributed by atoms with Crippen LogP contribution < -0.4 is 0 Å². The minimum Gasteiger partial charge on any atom is -0.462 e. The molecule has 3 aromatic heterocycles. The number of aryl methyl sites for hydroxylation is 1. The summed E-state index contributed by atoms with van der Waals surface area (Å²) in [6.45, 7) is 5.04. The fourth-order valence-corrected chi connectivity index (χ4v) is 4.52. The molecule has 3 heterocycles. The van der Waals surface area contributed by atoms with Gasteiger partial charge in [-0.1, -0.05) is 36.0 Å². The van der Waals surface area contributed by atoms with Gasteiger partial charge >= 0.3 is 0 Å². The first kappa shape index (κ1) is 17.1. The van der Waals surface area contributed by atoms with Crippen LogP contribution in [0.2, 0.25) is 0 Å². The third kappa shape index (κ3) is 3.32. The molecule has 0 atom stereocenters. The van der Waals surface area contributed by atoms with Gasteiger partial charge < -0.3 is 8.98 Å². The van der Waals surface area contributed by atoms with E-state index < -0.39 is 0 Å². The van der Waals surface area contributed by atoms with Crippen molar-refractivity contribution in [3.05, 3.63) is 59.3 Å². The minimum atomic E-state index is 0.753. The lowest BCUT2D eigenvalue weighted by Gasteiger charge is -2.08. The summed E-state index contributed by atoms with van der Waals surface area (Å²) in [4.78, 5) is 4.65. The van der Waals surface area contributed by atoms with E-state index in [0.29, 0.717) is 0 Å². The summed E-state index contributed by atoms with van der Waals surface area (Å²) in [5, 5.41) is 12.7. The Morgan fingerprint density at radius 2 is 2.04 bits per heavy atom. The average molecular weight is 383 g/mol. The van der Waals surface area contributed by atoms with Gasteiger partial charge in [-0.3, -0.25) is 0 Å². The first-order valence-corrected chi connectivity index (χ1v) is 10.2. The van der Waals surface area contributed by atoms with Crippen molar-refractivity contribution in [2.75, 3.05) is 0 Å². The van der Waals surface area contributed by atoms with E-state index in [-0.39, 0.29) is 0 Å². The van der Waals surface area contributed by atoms with Gasteiger partial charge in [-0.25, -0.2) is 4.98 Å². The van der Waals surface area contributed by atoms with E-state index in [4.69, 9.17) is 4.42 Å². The second kappa shape index (κ2) is 7.47. The lowest BCUT2D eigenvalue weighted by Crippen LogP contribution is -2.00. The molecule has 0 bridgehead atoms. The molecular weight excluding hydrogens is 364 g/mol. The van der Waals surface area contributed by atoms with Crippen LogP contribution >= 0.6 is 23.1 Å². The van der Waals surface area contributed by atoms with Crippen molar-refractivity contribution < 1.29 is 4.42 Å². The summed E-state index contributed by atoms with van der Waals surface area (Å²) >= 11 is 3.25. The molecule has 132 valence electrons. The molecule has 0 N–H and O–H groups in total. The molecule has 0 saturated heterocycles. The largest absolute Gasteiger partial charge is 0.462 e. The van der Waals surface area contributed by atoms with Crippen LogP contribution in [0.3, 0.4) is 0 Å². The molecule has 0 unspecified atom stereocenters. The molecule has 0 saturated carbocycles. The Morgan fingerprint density at radius 3 is 2.81 bits per heavy atom. The second-order valence-electron chi connectivity index (χ2n) is 5.78. The van der Waals surface area contributed by atoms with Gasteiger partial charge in [0, 0.05) is 23.2 Å². The molecule has 0 aliphatic carbocycles. The van der Waals surface area contributed by atoms with Crippen molar-refractivity contribution in [3.8, 4) is 22.2 Å². The van der Waals surface area contributed by atoms with Gasteiger partial charge in [0.15, 0.2) is 21.7 Å². The maximum Gasteiger partial charge on any atom is 0.191 e.